The van der Waals surface area contributed by atoms with Gasteiger partial charge in [0.1, 0.15) is 5.82 Å². The van der Waals surface area contributed by atoms with E-state index in [1.807, 2.05) is 42.1 Å². The molecule has 0 fully saturated rings. The molecule has 0 atom stereocenters. The Morgan fingerprint density at radius 3 is 2.68 bits per heavy atom. The molecule has 0 aliphatic rings. The zero-order chi connectivity index (χ0) is 15.1. The number of rotatable bonds is 2. The van der Waals surface area contributed by atoms with Crippen molar-refractivity contribution in [3.8, 4) is 22.9 Å². The van der Waals surface area contributed by atoms with Crippen LogP contribution in [0.3, 0.4) is 0 Å². The summed E-state index contributed by atoms with van der Waals surface area (Å²) in [5.41, 5.74) is 2.52. The molecule has 0 aliphatic carbocycles. The van der Waals surface area contributed by atoms with Gasteiger partial charge in [-0.2, -0.15) is 0 Å². The van der Waals surface area contributed by atoms with Crippen molar-refractivity contribution < 1.29 is 8.81 Å². The molecule has 0 aliphatic heterocycles. The van der Waals surface area contributed by atoms with Crippen molar-refractivity contribution >= 4 is 10.9 Å². The number of aromatic nitrogens is 3. The van der Waals surface area contributed by atoms with E-state index in [1.54, 1.807) is 12.1 Å². The molecule has 4 nitrogen and oxygen atoms in total. The van der Waals surface area contributed by atoms with Gasteiger partial charge in [-0.05, 0) is 24.3 Å². The Labute approximate surface area is 125 Å². The van der Waals surface area contributed by atoms with Crippen molar-refractivity contribution in [3.63, 3.8) is 0 Å². The van der Waals surface area contributed by atoms with E-state index in [0.717, 1.165) is 16.5 Å². The van der Waals surface area contributed by atoms with Crippen LogP contribution in [0.2, 0.25) is 0 Å². The Hall–Kier alpha value is -2.95. The summed E-state index contributed by atoms with van der Waals surface area (Å²) in [5.74, 6) is 0.404. The molecule has 22 heavy (non-hydrogen) atoms. The van der Waals surface area contributed by atoms with Gasteiger partial charge in [-0.1, -0.05) is 24.3 Å². The number of benzene rings is 2. The van der Waals surface area contributed by atoms with E-state index in [0.29, 0.717) is 17.3 Å². The maximum Gasteiger partial charge on any atom is 0.250 e. The first-order valence-electron chi connectivity index (χ1n) is 6.86. The monoisotopic (exact) mass is 293 g/mol. The molecule has 5 heteroatoms. The number of hydrogen-bond acceptors (Lipinski definition) is 3. The molecular weight excluding hydrogens is 281 g/mol. The topological polar surface area (TPSA) is 43.9 Å². The molecule has 0 unspecified atom stereocenters. The summed E-state index contributed by atoms with van der Waals surface area (Å²) < 4.78 is 21.0. The largest absolute Gasteiger partial charge is 0.416 e. The van der Waals surface area contributed by atoms with Gasteiger partial charge in [-0.3, -0.25) is 0 Å². The molecule has 2 heterocycles. The first-order chi connectivity index (χ1) is 10.7. The van der Waals surface area contributed by atoms with Crippen LogP contribution in [0.15, 0.2) is 59.1 Å². The van der Waals surface area contributed by atoms with Crippen LogP contribution < -0.4 is 0 Å². The number of aryl methyl sites for hydroxylation is 1. The lowest BCUT2D eigenvalue weighted by Crippen LogP contribution is -1.81. The van der Waals surface area contributed by atoms with E-state index in [1.165, 1.54) is 12.1 Å². The molecule has 4 aromatic rings. The lowest BCUT2D eigenvalue weighted by molar-refractivity contribution is 0.582. The summed E-state index contributed by atoms with van der Waals surface area (Å²) in [6, 6.07) is 14.1. The Balaban J connectivity index is 1.84. The van der Waals surface area contributed by atoms with Gasteiger partial charge < -0.3 is 8.98 Å². The van der Waals surface area contributed by atoms with Crippen molar-refractivity contribution in [2.45, 2.75) is 0 Å². The van der Waals surface area contributed by atoms with Gasteiger partial charge in [-0.15, -0.1) is 10.2 Å². The second-order valence-electron chi connectivity index (χ2n) is 5.09. The SMILES string of the molecule is Cn1cc(-c2nnc(-c3cccc(F)c3)o2)c2ccccc21. The number of nitrogens with zero attached hydrogens (tertiary/aromatic N) is 3. The number of hydrogen-bond donors (Lipinski definition) is 0. The van der Waals surface area contributed by atoms with Crippen molar-refractivity contribution in [2.75, 3.05) is 0 Å². The smallest absolute Gasteiger partial charge is 0.250 e. The van der Waals surface area contributed by atoms with Gasteiger partial charge in [0.05, 0.1) is 5.56 Å². The quantitative estimate of drug-likeness (QED) is 0.560. The maximum absolute atomic E-state index is 13.3. The second kappa shape index (κ2) is 4.80. The number of para-hydroxylation sites is 1. The molecule has 2 aromatic carbocycles. The second-order valence-corrected chi connectivity index (χ2v) is 5.09. The van der Waals surface area contributed by atoms with Gasteiger partial charge in [0.2, 0.25) is 11.8 Å². The van der Waals surface area contributed by atoms with Crippen LogP contribution in [0.4, 0.5) is 4.39 Å². The molecular formula is C17H12FN3O. The van der Waals surface area contributed by atoms with Gasteiger partial charge in [0.25, 0.3) is 0 Å². The molecule has 0 spiro atoms. The summed E-state index contributed by atoms with van der Waals surface area (Å²) in [6.45, 7) is 0. The lowest BCUT2D eigenvalue weighted by atomic mass is 10.2. The van der Waals surface area contributed by atoms with Crippen LogP contribution in [0, 0.1) is 5.82 Å². The van der Waals surface area contributed by atoms with E-state index in [-0.39, 0.29) is 5.82 Å². The van der Waals surface area contributed by atoms with E-state index in [9.17, 15) is 4.39 Å². The number of halogens is 1. The standard InChI is InChI=1S/C17H12FN3O/c1-21-10-14(13-7-2-3-8-15(13)21)17-20-19-16(22-17)11-5-4-6-12(18)9-11/h2-10H,1H3. The highest BCUT2D eigenvalue weighted by atomic mass is 19.1. The third kappa shape index (κ3) is 1.98. The summed E-state index contributed by atoms with van der Waals surface area (Å²) in [7, 11) is 1.97. The summed E-state index contributed by atoms with van der Waals surface area (Å²) in [5, 5.41) is 9.17. The fourth-order valence-electron chi connectivity index (χ4n) is 2.58. The molecule has 2 aromatic heterocycles. The van der Waals surface area contributed by atoms with Crippen LogP contribution in [0.1, 0.15) is 0 Å². The number of fused-ring (bicyclic) bond motifs is 1. The highest BCUT2D eigenvalue weighted by Gasteiger charge is 2.15. The highest BCUT2D eigenvalue weighted by molar-refractivity contribution is 5.94. The van der Waals surface area contributed by atoms with Crippen LogP contribution in [0.25, 0.3) is 33.8 Å². The third-order valence-electron chi connectivity index (χ3n) is 3.62. The average Bonchev–Trinajstić information content (AvgIpc) is 3.13. The first kappa shape index (κ1) is 12.8. The van der Waals surface area contributed by atoms with Crippen molar-refractivity contribution in [2.24, 2.45) is 7.05 Å². The Bertz CT molecular complexity index is 971. The normalized spacial score (nSPS) is 11.2. The van der Waals surface area contributed by atoms with Crippen LogP contribution in [-0.2, 0) is 7.05 Å². The maximum atomic E-state index is 13.3. The van der Waals surface area contributed by atoms with Gasteiger partial charge in [0.15, 0.2) is 0 Å². The summed E-state index contributed by atoms with van der Waals surface area (Å²) in [4.78, 5) is 0. The minimum absolute atomic E-state index is 0.308. The van der Waals surface area contributed by atoms with Gasteiger partial charge in [-0.25, -0.2) is 4.39 Å². The molecule has 0 N–H and O–H groups in total. The molecule has 4 rings (SSSR count). The fraction of sp³-hybridized carbons (Fsp3) is 0.0588. The predicted molar refractivity (Wildman–Crippen MR) is 81.6 cm³/mol. The minimum atomic E-state index is -0.331. The first-order valence-corrected chi connectivity index (χ1v) is 6.86. The van der Waals surface area contributed by atoms with E-state index >= 15 is 0 Å². The van der Waals surface area contributed by atoms with Crippen molar-refractivity contribution in [1.82, 2.24) is 14.8 Å². The van der Waals surface area contributed by atoms with E-state index < -0.39 is 0 Å². The molecule has 0 saturated heterocycles. The van der Waals surface area contributed by atoms with Gasteiger partial charge >= 0.3 is 0 Å². The Morgan fingerprint density at radius 2 is 1.82 bits per heavy atom. The fourth-order valence-corrected chi connectivity index (χ4v) is 2.58. The van der Waals surface area contributed by atoms with Crippen molar-refractivity contribution in [1.29, 1.82) is 0 Å². The van der Waals surface area contributed by atoms with Gasteiger partial charge in [0, 0.05) is 29.7 Å². The molecule has 0 radical (unpaired) electrons. The van der Waals surface area contributed by atoms with E-state index in [2.05, 4.69) is 10.2 Å². The minimum Gasteiger partial charge on any atom is -0.416 e. The van der Waals surface area contributed by atoms with Crippen LogP contribution in [0.5, 0.6) is 0 Å². The summed E-state index contributed by atoms with van der Waals surface area (Å²) in [6.07, 6.45) is 1.95. The third-order valence-corrected chi connectivity index (χ3v) is 3.62. The average molecular weight is 293 g/mol. The highest BCUT2D eigenvalue weighted by Crippen LogP contribution is 2.31. The molecule has 0 bridgehead atoms. The molecule has 0 saturated carbocycles. The zero-order valence-electron chi connectivity index (χ0n) is 11.8. The molecule has 0 amide bonds. The van der Waals surface area contributed by atoms with Crippen LogP contribution in [-0.4, -0.2) is 14.8 Å². The Morgan fingerprint density at radius 1 is 1.00 bits per heavy atom. The Kier molecular flexibility index (Phi) is 2.79. The summed E-state index contributed by atoms with van der Waals surface area (Å²) >= 11 is 0. The van der Waals surface area contributed by atoms with Crippen LogP contribution >= 0.6 is 0 Å². The predicted octanol–water partition coefficient (Wildman–Crippen LogP) is 4.03. The van der Waals surface area contributed by atoms with E-state index in [4.69, 9.17) is 4.42 Å². The zero-order valence-corrected chi connectivity index (χ0v) is 11.8. The molecule has 108 valence electrons. The van der Waals surface area contributed by atoms with Crippen molar-refractivity contribution in [3.05, 3.63) is 60.5 Å². The lowest BCUT2D eigenvalue weighted by Gasteiger charge is -1.94.